The number of hydrogen-bond donors (Lipinski definition) is 3. The van der Waals surface area contributed by atoms with E-state index in [1.54, 1.807) is 0 Å². The minimum absolute atomic E-state index is 0.0228. The van der Waals surface area contributed by atoms with Gasteiger partial charge in [-0.05, 0) is 31.4 Å². The molecule has 0 aromatic heterocycles. The van der Waals surface area contributed by atoms with Crippen molar-refractivity contribution in [1.82, 2.24) is 16.0 Å². The van der Waals surface area contributed by atoms with Crippen molar-refractivity contribution in [2.24, 2.45) is 0 Å². The van der Waals surface area contributed by atoms with Crippen molar-refractivity contribution >= 4 is 17.6 Å². The average molecular weight is 361 g/mol. The lowest BCUT2D eigenvalue weighted by Crippen LogP contribution is -2.43. The van der Waals surface area contributed by atoms with Crippen LogP contribution < -0.4 is 20.9 Å². The zero-order valence-corrected chi connectivity index (χ0v) is 15.8. The first kappa shape index (κ1) is 20.1. The van der Waals surface area contributed by atoms with Gasteiger partial charge in [-0.15, -0.1) is 0 Å². The molecule has 26 heavy (non-hydrogen) atoms. The van der Waals surface area contributed by atoms with Crippen LogP contribution in [-0.2, 0) is 4.79 Å². The maximum Gasteiger partial charge on any atom is 0.315 e. The summed E-state index contributed by atoms with van der Waals surface area (Å²) < 4.78 is 0. The Hall–Kier alpha value is -2.24. The fraction of sp³-hybridized carbons (Fsp3) is 0.600. The summed E-state index contributed by atoms with van der Waals surface area (Å²) in [6.45, 7) is 1.89. The van der Waals surface area contributed by atoms with Crippen LogP contribution in [-0.4, -0.2) is 44.7 Å². The summed E-state index contributed by atoms with van der Waals surface area (Å²) in [5.74, 6) is -0.0228. The maximum atomic E-state index is 11.8. The molecule has 1 aromatic carbocycles. The second-order valence-electron chi connectivity index (χ2n) is 6.95. The SMILES string of the molecule is CN(CCCNC(=O)CCNC(=O)NC1CCCCC1)c1ccccc1. The predicted molar refractivity (Wildman–Crippen MR) is 105 cm³/mol. The minimum atomic E-state index is -0.158. The molecule has 0 aliphatic heterocycles. The molecule has 0 heterocycles. The first-order chi connectivity index (χ1) is 12.6. The lowest BCUT2D eigenvalue weighted by Gasteiger charge is -2.22. The molecule has 0 saturated heterocycles. The molecule has 0 bridgehead atoms. The summed E-state index contributed by atoms with van der Waals surface area (Å²) in [6.07, 6.45) is 6.96. The van der Waals surface area contributed by atoms with E-state index in [2.05, 4.69) is 33.0 Å². The molecule has 2 rings (SSSR count). The number of para-hydroxylation sites is 1. The maximum absolute atomic E-state index is 11.8. The van der Waals surface area contributed by atoms with Crippen LogP contribution in [0.4, 0.5) is 10.5 Å². The number of hydrogen-bond acceptors (Lipinski definition) is 3. The van der Waals surface area contributed by atoms with E-state index >= 15 is 0 Å². The molecule has 0 unspecified atom stereocenters. The van der Waals surface area contributed by atoms with Crippen molar-refractivity contribution in [3.05, 3.63) is 30.3 Å². The summed E-state index contributed by atoms with van der Waals surface area (Å²) in [5.41, 5.74) is 1.17. The summed E-state index contributed by atoms with van der Waals surface area (Å²) in [4.78, 5) is 25.8. The highest BCUT2D eigenvalue weighted by molar-refractivity contribution is 5.78. The Kier molecular flexibility index (Phi) is 8.79. The van der Waals surface area contributed by atoms with E-state index in [1.807, 2.05) is 25.2 Å². The Bertz CT molecular complexity index is 544. The molecule has 144 valence electrons. The van der Waals surface area contributed by atoms with Crippen molar-refractivity contribution in [1.29, 1.82) is 0 Å². The summed E-state index contributed by atoms with van der Waals surface area (Å²) in [6, 6.07) is 10.3. The molecule has 1 aliphatic carbocycles. The molecule has 0 radical (unpaired) electrons. The number of carbonyl (C=O) groups is 2. The molecular weight excluding hydrogens is 328 g/mol. The number of nitrogens with zero attached hydrogens (tertiary/aromatic N) is 1. The van der Waals surface area contributed by atoms with Crippen molar-refractivity contribution in [2.45, 2.75) is 51.0 Å². The second kappa shape index (κ2) is 11.4. The normalized spacial score (nSPS) is 14.5. The van der Waals surface area contributed by atoms with Gasteiger partial charge >= 0.3 is 6.03 Å². The first-order valence-corrected chi connectivity index (χ1v) is 9.72. The predicted octanol–water partition coefficient (Wildman–Crippen LogP) is 2.65. The van der Waals surface area contributed by atoms with Gasteiger partial charge in [0.2, 0.25) is 5.91 Å². The van der Waals surface area contributed by atoms with Gasteiger partial charge in [-0.3, -0.25) is 4.79 Å². The van der Waals surface area contributed by atoms with Crippen LogP contribution in [0.1, 0.15) is 44.9 Å². The molecule has 3 amide bonds. The minimum Gasteiger partial charge on any atom is -0.375 e. The monoisotopic (exact) mass is 360 g/mol. The third kappa shape index (κ3) is 7.76. The van der Waals surface area contributed by atoms with Gasteiger partial charge in [0.05, 0.1) is 0 Å². The van der Waals surface area contributed by atoms with E-state index in [4.69, 9.17) is 0 Å². The van der Waals surface area contributed by atoms with E-state index in [9.17, 15) is 9.59 Å². The van der Waals surface area contributed by atoms with Gasteiger partial charge in [0, 0.05) is 44.8 Å². The number of rotatable bonds is 9. The third-order valence-electron chi connectivity index (χ3n) is 4.77. The van der Waals surface area contributed by atoms with E-state index < -0.39 is 0 Å². The first-order valence-electron chi connectivity index (χ1n) is 9.72. The van der Waals surface area contributed by atoms with Gasteiger partial charge in [-0.1, -0.05) is 37.5 Å². The van der Waals surface area contributed by atoms with Gasteiger partial charge in [-0.2, -0.15) is 0 Å². The van der Waals surface area contributed by atoms with E-state index in [1.165, 1.54) is 24.9 Å². The molecule has 6 heteroatoms. The van der Waals surface area contributed by atoms with Crippen molar-refractivity contribution in [3.63, 3.8) is 0 Å². The Balaban J connectivity index is 1.49. The topological polar surface area (TPSA) is 73.5 Å². The zero-order chi connectivity index (χ0) is 18.6. The number of urea groups is 1. The average Bonchev–Trinajstić information content (AvgIpc) is 2.66. The lowest BCUT2D eigenvalue weighted by atomic mass is 9.96. The molecule has 1 fully saturated rings. The third-order valence-corrected chi connectivity index (χ3v) is 4.77. The van der Waals surface area contributed by atoms with Gasteiger partial charge in [-0.25, -0.2) is 4.79 Å². The van der Waals surface area contributed by atoms with Crippen LogP contribution >= 0.6 is 0 Å². The Morgan fingerprint density at radius 3 is 2.50 bits per heavy atom. The van der Waals surface area contributed by atoms with E-state index in [0.717, 1.165) is 25.8 Å². The Morgan fingerprint density at radius 2 is 1.77 bits per heavy atom. The van der Waals surface area contributed by atoms with Crippen LogP contribution in [0.5, 0.6) is 0 Å². The van der Waals surface area contributed by atoms with Crippen LogP contribution in [0, 0.1) is 0 Å². The van der Waals surface area contributed by atoms with Crippen molar-refractivity contribution < 1.29 is 9.59 Å². The number of benzene rings is 1. The van der Waals surface area contributed by atoms with Crippen LogP contribution in [0.2, 0.25) is 0 Å². The summed E-state index contributed by atoms with van der Waals surface area (Å²) in [5, 5.41) is 8.66. The van der Waals surface area contributed by atoms with Crippen LogP contribution in [0.3, 0.4) is 0 Å². The standard InChI is InChI=1S/C20H32N4O2/c1-24(18-11-6-3-7-12-18)16-8-14-21-19(25)13-15-22-20(26)23-17-9-4-2-5-10-17/h3,6-7,11-12,17H,2,4-5,8-10,13-16H2,1H3,(H,21,25)(H2,22,23,26). The largest absolute Gasteiger partial charge is 0.375 e. The van der Waals surface area contributed by atoms with Gasteiger partial charge in [0.1, 0.15) is 0 Å². The highest BCUT2D eigenvalue weighted by Gasteiger charge is 2.15. The van der Waals surface area contributed by atoms with E-state index in [-0.39, 0.29) is 11.9 Å². The number of anilines is 1. The Labute approximate surface area is 156 Å². The summed E-state index contributed by atoms with van der Waals surface area (Å²) >= 11 is 0. The number of amides is 3. The fourth-order valence-corrected chi connectivity index (χ4v) is 3.22. The van der Waals surface area contributed by atoms with Gasteiger partial charge in [0.25, 0.3) is 0 Å². The Morgan fingerprint density at radius 1 is 1.04 bits per heavy atom. The smallest absolute Gasteiger partial charge is 0.315 e. The molecule has 0 spiro atoms. The van der Waals surface area contributed by atoms with E-state index in [0.29, 0.717) is 25.6 Å². The molecule has 1 aromatic rings. The molecule has 0 atom stereocenters. The number of nitrogens with one attached hydrogen (secondary N) is 3. The highest BCUT2D eigenvalue weighted by atomic mass is 16.2. The molecule has 1 aliphatic rings. The molecular formula is C20H32N4O2. The van der Waals surface area contributed by atoms with Crippen LogP contribution in [0.15, 0.2) is 30.3 Å². The van der Waals surface area contributed by atoms with Crippen molar-refractivity contribution in [3.8, 4) is 0 Å². The quantitative estimate of drug-likeness (QED) is 0.593. The van der Waals surface area contributed by atoms with Gasteiger partial charge < -0.3 is 20.9 Å². The molecule has 6 nitrogen and oxygen atoms in total. The molecule has 1 saturated carbocycles. The fourth-order valence-electron chi connectivity index (χ4n) is 3.22. The number of carbonyl (C=O) groups excluding carboxylic acids is 2. The van der Waals surface area contributed by atoms with Gasteiger partial charge in [0.15, 0.2) is 0 Å². The second-order valence-corrected chi connectivity index (χ2v) is 6.95. The lowest BCUT2D eigenvalue weighted by molar-refractivity contribution is -0.120. The zero-order valence-electron chi connectivity index (χ0n) is 15.8. The molecule has 3 N–H and O–H groups in total. The van der Waals surface area contributed by atoms with Crippen molar-refractivity contribution in [2.75, 3.05) is 31.6 Å². The van der Waals surface area contributed by atoms with Crippen LogP contribution in [0.25, 0.3) is 0 Å². The highest BCUT2D eigenvalue weighted by Crippen LogP contribution is 2.17. The summed E-state index contributed by atoms with van der Waals surface area (Å²) in [7, 11) is 2.05.